The van der Waals surface area contributed by atoms with Crippen LogP contribution >= 0.6 is 0 Å². The maximum absolute atomic E-state index is 9.47. The van der Waals surface area contributed by atoms with E-state index in [4.69, 9.17) is 4.74 Å². The van der Waals surface area contributed by atoms with Gasteiger partial charge >= 0.3 is 0 Å². The van der Waals surface area contributed by atoms with Crippen LogP contribution in [0, 0.1) is 0 Å². The van der Waals surface area contributed by atoms with Gasteiger partial charge < -0.3 is 20.3 Å². The molecule has 1 aliphatic rings. The van der Waals surface area contributed by atoms with E-state index >= 15 is 0 Å². The van der Waals surface area contributed by atoms with E-state index in [9.17, 15) is 10.2 Å². The summed E-state index contributed by atoms with van der Waals surface area (Å²) < 4.78 is 5.73. The van der Waals surface area contributed by atoms with Crippen molar-refractivity contribution in [3.05, 3.63) is 29.8 Å². The Morgan fingerprint density at radius 3 is 2.67 bits per heavy atom. The standard InChI is InChI=1S/C14H21NO3/c1-14(9-17,15-12-6-7-12)10-18-13-5-3-2-4-11(13)8-16/h2-5,12,15-17H,6-10H2,1H3. The van der Waals surface area contributed by atoms with Crippen LogP contribution in [0.25, 0.3) is 0 Å². The Kier molecular flexibility index (Phi) is 4.22. The molecule has 0 spiro atoms. The molecule has 0 saturated heterocycles. The van der Waals surface area contributed by atoms with E-state index in [1.807, 2.05) is 31.2 Å². The maximum atomic E-state index is 9.47. The average molecular weight is 251 g/mol. The fourth-order valence-electron chi connectivity index (χ4n) is 1.87. The number of ether oxygens (including phenoxy) is 1. The molecule has 1 unspecified atom stereocenters. The van der Waals surface area contributed by atoms with Crippen LogP contribution in [0.3, 0.4) is 0 Å². The largest absolute Gasteiger partial charge is 0.491 e. The second kappa shape index (κ2) is 5.69. The van der Waals surface area contributed by atoms with E-state index in [-0.39, 0.29) is 13.2 Å². The van der Waals surface area contributed by atoms with E-state index in [0.29, 0.717) is 18.4 Å². The Morgan fingerprint density at radius 1 is 1.33 bits per heavy atom. The number of hydrogen-bond acceptors (Lipinski definition) is 4. The minimum absolute atomic E-state index is 0.0325. The molecule has 1 saturated carbocycles. The molecule has 3 N–H and O–H groups in total. The third-order valence-corrected chi connectivity index (χ3v) is 3.17. The van der Waals surface area contributed by atoms with Crippen LogP contribution < -0.4 is 10.1 Å². The summed E-state index contributed by atoms with van der Waals surface area (Å²) in [4.78, 5) is 0. The first-order valence-electron chi connectivity index (χ1n) is 6.37. The van der Waals surface area contributed by atoms with Gasteiger partial charge in [0.15, 0.2) is 0 Å². The van der Waals surface area contributed by atoms with Crippen LogP contribution in [-0.4, -0.2) is 35.0 Å². The minimum atomic E-state index is -0.427. The van der Waals surface area contributed by atoms with E-state index in [0.717, 1.165) is 5.56 Å². The molecule has 4 heteroatoms. The molecular formula is C14H21NO3. The van der Waals surface area contributed by atoms with Crippen molar-refractivity contribution in [2.45, 2.75) is 38.0 Å². The highest BCUT2D eigenvalue weighted by molar-refractivity contribution is 5.32. The van der Waals surface area contributed by atoms with Crippen molar-refractivity contribution in [1.29, 1.82) is 0 Å². The van der Waals surface area contributed by atoms with Gasteiger partial charge in [0.25, 0.3) is 0 Å². The predicted octanol–water partition coefficient (Wildman–Crippen LogP) is 1.06. The van der Waals surface area contributed by atoms with Crippen LogP contribution in [0.4, 0.5) is 0 Å². The number of aliphatic hydroxyl groups is 2. The van der Waals surface area contributed by atoms with Gasteiger partial charge in [-0.3, -0.25) is 0 Å². The summed E-state index contributed by atoms with van der Waals surface area (Å²) in [5.41, 5.74) is 0.341. The highest BCUT2D eigenvalue weighted by Crippen LogP contribution is 2.24. The molecule has 1 fully saturated rings. The van der Waals surface area contributed by atoms with E-state index in [2.05, 4.69) is 5.32 Å². The fourth-order valence-corrected chi connectivity index (χ4v) is 1.87. The molecule has 0 amide bonds. The Labute approximate surface area is 108 Å². The van der Waals surface area contributed by atoms with Gasteiger partial charge in [-0.25, -0.2) is 0 Å². The second-order valence-electron chi connectivity index (χ2n) is 5.19. The molecule has 2 rings (SSSR count). The molecule has 1 aliphatic carbocycles. The van der Waals surface area contributed by atoms with Crippen molar-refractivity contribution in [2.24, 2.45) is 0 Å². The molecule has 1 aromatic carbocycles. The highest BCUT2D eigenvalue weighted by Gasteiger charge is 2.32. The van der Waals surface area contributed by atoms with E-state index in [1.165, 1.54) is 12.8 Å². The Bertz CT molecular complexity index is 392. The summed E-state index contributed by atoms with van der Waals surface area (Å²) in [7, 11) is 0. The molecule has 1 atom stereocenters. The lowest BCUT2D eigenvalue weighted by molar-refractivity contribution is 0.112. The van der Waals surface area contributed by atoms with Gasteiger partial charge in [0.2, 0.25) is 0 Å². The van der Waals surface area contributed by atoms with Crippen molar-refractivity contribution < 1.29 is 14.9 Å². The Morgan fingerprint density at radius 2 is 2.06 bits per heavy atom. The fraction of sp³-hybridized carbons (Fsp3) is 0.571. The first-order valence-corrected chi connectivity index (χ1v) is 6.37. The number of rotatable bonds is 7. The van der Waals surface area contributed by atoms with Gasteiger partial charge in [-0.15, -0.1) is 0 Å². The molecule has 4 nitrogen and oxygen atoms in total. The zero-order chi connectivity index (χ0) is 13.0. The van der Waals surface area contributed by atoms with E-state index < -0.39 is 5.54 Å². The highest BCUT2D eigenvalue weighted by atomic mass is 16.5. The molecule has 0 aliphatic heterocycles. The molecule has 100 valence electrons. The summed E-state index contributed by atoms with van der Waals surface area (Å²) in [6.45, 7) is 2.33. The van der Waals surface area contributed by atoms with Gasteiger partial charge in [-0.05, 0) is 25.8 Å². The Balaban J connectivity index is 1.95. The van der Waals surface area contributed by atoms with Crippen LogP contribution in [0.1, 0.15) is 25.3 Å². The topological polar surface area (TPSA) is 61.7 Å². The number of hydrogen-bond donors (Lipinski definition) is 3. The lowest BCUT2D eigenvalue weighted by atomic mass is 10.1. The summed E-state index contributed by atoms with van der Waals surface area (Å²) >= 11 is 0. The van der Waals surface area contributed by atoms with Gasteiger partial charge in [-0.2, -0.15) is 0 Å². The zero-order valence-electron chi connectivity index (χ0n) is 10.7. The molecule has 0 heterocycles. The quantitative estimate of drug-likeness (QED) is 0.678. The zero-order valence-corrected chi connectivity index (χ0v) is 10.7. The van der Waals surface area contributed by atoms with Crippen LogP contribution in [-0.2, 0) is 6.61 Å². The summed E-state index contributed by atoms with van der Waals surface area (Å²) in [6, 6.07) is 7.92. The third-order valence-electron chi connectivity index (χ3n) is 3.17. The Hall–Kier alpha value is -1.10. The molecule has 0 bridgehead atoms. The molecule has 0 aromatic heterocycles. The van der Waals surface area contributed by atoms with Gasteiger partial charge in [0.1, 0.15) is 12.4 Å². The smallest absolute Gasteiger partial charge is 0.124 e. The van der Waals surface area contributed by atoms with Crippen LogP contribution in [0.5, 0.6) is 5.75 Å². The van der Waals surface area contributed by atoms with Crippen molar-refractivity contribution in [2.75, 3.05) is 13.2 Å². The monoisotopic (exact) mass is 251 g/mol. The normalized spacial score (nSPS) is 18.4. The van der Waals surface area contributed by atoms with Gasteiger partial charge in [0.05, 0.1) is 18.8 Å². The van der Waals surface area contributed by atoms with Crippen molar-refractivity contribution >= 4 is 0 Å². The molecule has 0 radical (unpaired) electrons. The predicted molar refractivity (Wildman–Crippen MR) is 69.5 cm³/mol. The molecular weight excluding hydrogens is 230 g/mol. The van der Waals surface area contributed by atoms with E-state index in [1.54, 1.807) is 0 Å². The average Bonchev–Trinajstić information content (AvgIpc) is 3.20. The van der Waals surface area contributed by atoms with Crippen molar-refractivity contribution in [1.82, 2.24) is 5.32 Å². The lowest BCUT2D eigenvalue weighted by Crippen LogP contribution is -2.51. The third kappa shape index (κ3) is 3.45. The SMILES string of the molecule is CC(CO)(COc1ccccc1CO)NC1CC1. The number of benzene rings is 1. The minimum Gasteiger partial charge on any atom is -0.491 e. The van der Waals surface area contributed by atoms with Gasteiger partial charge in [-0.1, -0.05) is 18.2 Å². The summed E-state index contributed by atoms with van der Waals surface area (Å²) in [5, 5.41) is 22.1. The van der Waals surface area contributed by atoms with Crippen molar-refractivity contribution in [3.63, 3.8) is 0 Å². The second-order valence-corrected chi connectivity index (χ2v) is 5.19. The first kappa shape index (κ1) is 13.3. The maximum Gasteiger partial charge on any atom is 0.124 e. The number of aliphatic hydroxyl groups excluding tert-OH is 2. The van der Waals surface area contributed by atoms with Crippen LogP contribution in [0.2, 0.25) is 0 Å². The summed E-state index contributed by atoms with van der Waals surface area (Å²) in [6.07, 6.45) is 2.34. The number of para-hydroxylation sites is 1. The van der Waals surface area contributed by atoms with Gasteiger partial charge in [0, 0.05) is 11.6 Å². The first-order chi connectivity index (χ1) is 8.67. The summed E-state index contributed by atoms with van der Waals surface area (Å²) in [5.74, 6) is 0.678. The molecule has 1 aromatic rings. The number of nitrogens with one attached hydrogen (secondary N) is 1. The lowest BCUT2D eigenvalue weighted by Gasteiger charge is -2.29. The van der Waals surface area contributed by atoms with Crippen LogP contribution in [0.15, 0.2) is 24.3 Å². The van der Waals surface area contributed by atoms with Crippen molar-refractivity contribution in [3.8, 4) is 5.75 Å². The molecule has 18 heavy (non-hydrogen) atoms.